The van der Waals surface area contributed by atoms with Gasteiger partial charge in [-0.3, -0.25) is 14.7 Å². The normalized spacial score (nSPS) is 13.6. The number of halogens is 1. The molecule has 7 heteroatoms. The third-order valence-electron chi connectivity index (χ3n) is 3.92. The zero-order valence-electron chi connectivity index (χ0n) is 13.0. The number of nitrogens with one attached hydrogen (secondary N) is 1. The van der Waals surface area contributed by atoms with E-state index < -0.39 is 0 Å². The van der Waals surface area contributed by atoms with E-state index in [9.17, 15) is 14.0 Å². The van der Waals surface area contributed by atoms with Gasteiger partial charge in [0.25, 0.3) is 11.8 Å². The van der Waals surface area contributed by atoms with Gasteiger partial charge in [0.05, 0.1) is 6.54 Å². The molecule has 1 aromatic heterocycles. The second-order valence-corrected chi connectivity index (χ2v) is 5.71. The fourth-order valence-electron chi connectivity index (χ4n) is 2.63. The van der Waals surface area contributed by atoms with Crippen LogP contribution in [-0.4, -0.2) is 52.5 Å². The van der Waals surface area contributed by atoms with Gasteiger partial charge in [0.1, 0.15) is 5.82 Å². The molecule has 0 unspecified atom stereocenters. The van der Waals surface area contributed by atoms with Crippen molar-refractivity contribution in [1.82, 2.24) is 20.0 Å². The molecule has 1 aliphatic heterocycles. The standard InChI is InChI=1S/C16H17FN4O2/c1-20(2)16(23)14-12-9-21(8-7-13(12)18-19-14)15(22)10-3-5-11(17)6-4-10/h3-6H,7-9H2,1-2H3,(H,18,19). The summed E-state index contributed by atoms with van der Waals surface area (Å²) in [5.74, 6) is -0.755. The van der Waals surface area contributed by atoms with Crippen LogP contribution >= 0.6 is 0 Å². The SMILES string of the molecule is CN(C)C(=O)c1n[nH]c2c1CN(C(=O)c1ccc(F)cc1)CC2. The highest BCUT2D eigenvalue weighted by Crippen LogP contribution is 2.22. The number of aromatic amines is 1. The van der Waals surface area contributed by atoms with Crippen LogP contribution in [0.3, 0.4) is 0 Å². The molecule has 3 rings (SSSR count). The highest BCUT2D eigenvalue weighted by Gasteiger charge is 2.28. The molecule has 2 amide bonds. The molecule has 0 spiro atoms. The Balaban J connectivity index is 1.84. The Morgan fingerprint density at radius 1 is 1.26 bits per heavy atom. The van der Waals surface area contributed by atoms with Gasteiger partial charge in [0, 0.05) is 43.9 Å². The van der Waals surface area contributed by atoms with E-state index in [-0.39, 0.29) is 17.6 Å². The lowest BCUT2D eigenvalue weighted by Crippen LogP contribution is -2.36. The summed E-state index contributed by atoms with van der Waals surface area (Å²) in [6, 6.07) is 5.46. The maximum Gasteiger partial charge on any atom is 0.274 e. The summed E-state index contributed by atoms with van der Waals surface area (Å²) < 4.78 is 13.0. The van der Waals surface area contributed by atoms with E-state index in [0.717, 1.165) is 11.3 Å². The predicted molar refractivity (Wildman–Crippen MR) is 81.4 cm³/mol. The van der Waals surface area contributed by atoms with Crippen LogP contribution in [0.15, 0.2) is 24.3 Å². The fourth-order valence-corrected chi connectivity index (χ4v) is 2.63. The summed E-state index contributed by atoms with van der Waals surface area (Å²) >= 11 is 0. The third kappa shape index (κ3) is 2.81. The van der Waals surface area contributed by atoms with Crippen LogP contribution in [0.5, 0.6) is 0 Å². The van der Waals surface area contributed by atoms with Crippen molar-refractivity contribution in [1.29, 1.82) is 0 Å². The minimum absolute atomic E-state index is 0.180. The van der Waals surface area contributed by atoms with Crippen LogP contribution < -0.4 is 0 Å². The summed E-state index contributed by atoms with van der Waals surface area (Å²) in [6.45, 7) is 0.845. The number of aromatic nitrogens is 2. The Morgan fingerprint density at radius 3 is 2.61 bits per heavy atom. The molecule has 0 atom stereocenters. The van der Waals surface area contributed by atoms with Gasteiger partial charge in [-0.05, 0) is 24.3 Å². The van der Waals surface area contributed by atoms with Crippen molar-refractivity contribution in [3.8, 4) is 0 Å². The fraction of sp³-hybridized carbons (Fsp3) is 0.312. The lowest BCUT2D eigenvalue weighted by molar-refractivity contribution is 0.0726. The second-order valence-electron chi connectivity index (χ2n) is 5.71. The molecule has 1 N–H and O–H groups in total. The number of benzene rings is 1. The van der Waals surface area contributed by atoms with Crippen molar-refractivity contribution in [3.05, 3.63) is 52.6 Å². The molecule has 1 aliphatic rings. The Labute approximate surface area is 132 Å². The van der Waals surface area contributed by atoms with Crippen molar-refractivity contribution in [2.75, 3.05) is 20.6 Å². The van der Waals surface area contributed by atoms with Gasteiger partial charge in [-0.2, -0.15) is 5.10 Å². The lowest BCUT2D eigenvalue weighted by Gasteiger charge is -2.27. The van der Waals surface area contributed by atoms with Crippen LogP contribution in [0, 0.1) is 5.82 Å². The topological polar surface area (TPSA) is 69.3 Å². The summed E-state index contributed by atoms with van der Waals surface area (Å²) in [7, 11) is 3.32. The number of carbonyl (C=O) groups is 2. The van der Waals surface area contributed by atoms with Crippen LogP contribution in [0.2, 0.25) is 0 Å². The van der Waals surface area contributed by atoms with Crippen molar-refractivity contribution < 1.29 is 14.0 Å². The minimum Gasteiger partial charge on any atom is -0.343 e. The molecule has 0 saturated carbocycles. The maximum absolute atomic E-state index is 13.0. The number of fused-ring (bicyclic) bond motifs is 1. The molecule has 2 aromatic rings. The molecule has 0 fully saturated rings. The molecule has 0 aliphatic carbocycles. The monoisotopic (exact) mass is 316 g/mol. The molecule has 6 nitrogen and oxygen atoms in total. The Bertz CT molecular complexity index is 752. The van der Waals surface area contributed by atoms with Gasteiger partial charge in [0.15, 0.2) is 5.69 Å². The molecule has 0 saturated heterocycles. The van der Waals surface area contributed by atoms with Gasteiger partial charge in [0.2, 0.25) is 0 Å². The number of H-pyrrole nitrogens is 1. The zero-order valence-corrected chi connectivity index (χ0v) is 13.0. The highest BCUT2D eigenvalue weighted by molar-refractivity contribution is 5.96. The van der Waals surface area contributed by atoms with Gasteiger partial charge >= 0.3 is 0 Å². The third-order valence-corrected chi connectivity index (χ3v) is 3.92. The number of hydrogen-bond donors (Lipinski definition) is 1. The minimum atomic E-state index is -0.379. The Hall–Kier alpha value is -2.70. The maximum atomic E-state index is 13.0. The second kappa shape index (κ2) is 5.83. The molecule has 23 heavy (non-hydrogen) atoms. The first-order chi connectivity index (χ1) is 11.0. The van der Waals surface area contributed by atoms with Crippen molar-refractivity contribution in [3.63, 3.8) is 0 Å². The van der Waals surface area contributed by atoms with Crippen LogP contribution in [-0.2, 0) is 13.0 Å². The van der Waals surface area contributed by atoms with Crippen molar-refractivity contribution in [2.24, 2.45) is 0 Å². The first kappa shape index (κ1) is 15.2. The molecule has 0 bridgehead atoms. The Kier molecular flexibility index (Phi) is 3.85. The van der Waals surface area contributed by atoms with Crippen LogP contribution in [0.4, 0.5) is 4.39 Å². The van der Waals surface area contributed by atoms with E-state index in [1.807, 2.05) is 0 Å². The van der Waals surface area contributed by atoms with Gasteiger partial charge in [-0.25, -0.2) is 4.39 Å². The number of carbonyl (C=O) groups excluding carboxylic acids is 2. The Morgan fingerprint density at radius 2 is 1.96 bits per heavy atom. The largest absolute Gasteiger partial charge is 0.343 e. The average Bonchev–Trinajstić information content (AvgIpc) is 2.97. The number of hydrogen-bond acceptors (Lipinski definition) is 3. The van der Waals surface area contributed by atoms with E-state index in [4.69, 9.17) is 0 Å². The number of amides is 2. The van der Waals surface area contributed by atoms with E-state index in [0.29, 0.717) is 30.8 Å². The van der Waals surface area contributed by atoms with E-state index in [1.165, 1.54) is 29.2 Å². The zero-order chi connectivity index (χ0) is 16.6. The van der Waals surface area contributed by atoms with Gasteiger partial charge < -0.3 is 9.80 Å². The quantitative estimate of drug-likeness (QED) is 0.912. The highest BCUT2D eigenvalue weighted by atomic mass is 19.1. The first-order valence-electron chi connectivity index (χ1n) is 7.30. The van der Waals surface area contributed by atoms with E-state index in [1.54, 1.807) is 19.0 Å². The molecule has 120 valence electrons. The number of nitrogens with zero attached hydrogens (tertiary/aromatic N) is 3. The molecular formula is C16H17FN4O2. The van der Waals surface area contributed by atoms with Gasteiger partial charge in [-0.1, -0.05) is 0 Å². The number of rotatable bonds is 2. The van der Waals surface area contributed by atoms with E-state index in [2.05, 4.69) is 10.2 Å². The summed E-state index contributed by atoms with van der Waals surface area (Å²) in [6.07, 6.45) is 0.607. The summed E-state index contributed by atoms with van der Waals surface area (Å²) in [5, 5.41) is 6.98. The van der Waals surface area contributed by atoms with Crippen molar-refractivity contribution in [2.45, 2.75) is 13.0 Å². The lowest BCUT2D eigenvalue weighted by atomic mass is 10.0. The molecule has 1 aromatic carbocycles. The van der Waals surface area contributed by atoms with Crippen molar-refractivity contribution >= 4 is 11.8 Å². The smallest absolute Gasteiger partial charge is 0.274 e. The molecule has 0 radical (unpaired) electrons. The van der Waals surface area contributed by atoms with Gasteiger partial charge in [-0.15, -0.1) is 0 Å². The first-order valence-corrected chi connectivity index (χ1v) is 7.30. The van der Waals surface area contributed by atoms with E-state index >= 15 is 0 Å². The predicted octanol–water partition coefficient (Wildman–Crippen LogP) is 1.45. The van der Waals surface area contributed by atoms with Crippen LogP contribution in [0.25, 0.3) is 0 Å². The summed E-state index contributed by atoms with van der Waals surface area (Å²) in [5.41, 5.74) is 2.42. The molecular weight excluding hydrogens is 299 g/mol. The summed E-state index contributed by atoms with van der Waals surface area (Å²) in [4.78, 5) is 27.8. The molecule has 2 heterocycles. The average molecular weight is 316 g/mol. The van der Waals surface area contributed by atoms with Crippen LogP contribution in [0.1, 0.15) is 32.1 Å².